The minimum Gasteiger partial charge on any atom is -0.445 e. The molecular weight excluding hydrogens is 714 g/mol. The largest absolute Gasteiger partial charge is 0.453 e. The number of carbonyl (C=O) groups excluding carboxylic acids is 3. The van der Waals surface area contributed by atoms with Gasteiger partial charge in [-0.2, -0.15) is 11.8 Å². The maximum Gasteiger partial charge on any atom is 0.453 e. The maximum absolute atomic E-state index is 14.9. The van der Waals surface area contributed by atoms with E-state index in [1.165, 1.54) is 4.90 Å². The minimum atomic E-state index is -4.13. The molecule has 1 aliphatic heterocycles. The summed E-state index contributed by atoms with van der Waals surface area (Å²) in [4.78, 5) is 44.3. The summed E-state index contributed by atoms with van der Waals surface area (Å²) in [5.74, 6) is -0.963. The first-order valence-electron chi connectivity index (χ1n) is 16.4. The summed E-state index contributed by atoms with van der Waals surface area (Å²) in [7, 11) is -4.13. The highest BCUT2D eigenvalue weighted by Crippen LogP contribution is 2.54. The zero-order chi connectivity index (χ0) is 36.1. The third kappa shape index (κ3) is 11.1. The third-order valence-corrected chi connectivity index (χ3v) is 12.6. The molecule has 0 bridgehead atoms. The van der Waals surface area contributed by atoms with Gasteiger partial charge in [0.25, 0.3) is 0 Å². The van der Waals surface area contributed by atoms with Crippen LogP contribution in [0.3, 0.4) is 0 Å². The zero-order valence-electron chi connectivity index (χ0n) is 29.0. The van der Waals surface area contributed by atoms with Gasteiger partial charge in [-0.1, -0.05) is 44.2 Å². The average Bonchev–Trinajstić information content (AvgIpc) is 3.62. The van der Waals surface area contributed by atoms with E-state index >= 15 is 0 Å². The third-order valence-electron chi connectivity index (χ3n) is 8.10. The monoisotopic (exact) mass is 759 g/mol. The van der Waals surface area contributed by atoms with Gasteiger partial charge in [0, 0.05) is 16.3 Å². The van der Waals surface area contributed by atoms with Gasteiger partial charge in [0.1, 0.15) is 30.2 Å². The summed E-state index contributed by atoms with van der Waals surface area (Å²) >= 11 is 4.69. The number of hydrogen-bond donors (Lipinski definition) is 2. The number of alkyl carbamates (subject to hydrolysis) is 1. The molecule has 4 rings (SSSR count). The Hall–Kier alpha value is -3.25. The quantitative estimate of drug-likeness (QED) is 0.104. The van der Waals surface area contributed by atoms with Crippen LogP contribution in [-0.4, -0.2) is 71.7 Å². The molecule has 1 saturated heterocycles. The van der Waals surface area contributed by atoms with Gasteiger partial charge >= 0.3 is 13.7 Å². The highest BCUT2D eigenvalue weighted by Gasteiger charge is 2.45. The molecule has 0 spiro atoms. The molecule has 1 heterocycles. The number of ether oxygens (including phenoxy) is 1. The van der Waals surface area contributed by atoms with Gasteiger partial charge in [-0.3, -0.25) is 9.59 Å². The number of benzene rings is 3. The lowest BCUT2D eigenvalue weighted by Gasteiger charge is -2.33. The van der Waals surface area contributed by atoms with E-state index in [9.17, 15) is 18.9 Å². The molecule has 3 aromatic rings. The standard InChI is InChI=1S/C36H46N3O7PS3/c1-25(2)34(47(43,45-27-13-17-29(49-4)18-14-27)46-28-15-19-30(50-5)20-16-28)38-33(40)32-12-9-22-39(32)35(41)31(21-23-48-3)37-36(42)44-24-26-10-7-6-8-11-26/h6-8,10-11,13-20,25,31-32,34H,9,12,21-24H2,1-5H3,(H,37,42)(H,38,40)/t31-,32-,34?/m0/s1. The molecule has 3 atom stereocenters. The molecule has 0 aliphatic carbocycles. The number of thioether (sulfide) groups is 3. The zero-order valence-corrected chi connectivity index (χ0v) is 32.4. The molecule has 3 aromatic carbocycles. The summed E-state index contributed by atoms with van der Waals surface area (Å²) < 4.78 is 32.6. The smallest absolute Gasteiger partial charge is 0.445 e. The fourth-order valence-electron chi connectivity index (χ4n) is 5.46. The topological polar surface area (TPSA) is 123 Å². The van der Waals surface area contributed by atoms with Crippen LogP contribution in [0.25, 0.3) is 0 Å². The van der Waals surface area contributed by atoms with Crippen LogP contribution in [0.1, 0.15) is 38.7 Å². The SMILES string of the molecule is CSCC[C@H](NC(=O)OCc1ccccc1)C(=O)N1CCC[C@H]1C(=O)NC(C(C)C)P(=O)(Oc1ccc(SC)cc1)Oc1ccc(SC)cc1. The lowest BCUT2D eigenvalue weighted by molar-refractivity contribution is -0.140. The lowest BCUT2D eigenvalue weighted by atomic mass is 10.1. The van der Waals surface area contributed by atoms with E-state index < -0.39 is 37.5 Å². The van der Waals surface area contributed by atoms with Crippen molar-refractivity contribution >= 4 is 60.8 Å². The summed E-state index contributed by atoms with van der Waals surface area (Å²) in [6, 6.07) is 21.9. The fraction of sp³-hybridized carbons (Fsp3) is 0.417. The second kappa shape index (κ2) is 19.4. The van der Waals surface area contributed by atoms with Gasteiger partial charge in [-0.25, -0.2) is 9.36 Å². The summed E-state index contributed by atoms with van der Waals surface area (Å²) in [5.41, 5.74) is 0.824. The van der Waals surface area contributed by atoms with Crippen molar-refractivity contribution in [1.29, 1.82) is 0 Å². The maximum atomic E-state index is 14.9. The molecule has 10 nitrogen and oxygen atoms in total. The van der Waals surface area contributed by atoms with Crippen LogP contribution in [0.15, 0.2) is 88.7 Å². The number of hydrogen-bond acceptors (Lipinski definition) is 10. The van der Waals surface area contributed by atoms with Gasteiger partial charge in [-0.15, -0.1) is 23.5 Å². The van der Waals surface area contributed by atoms with Crippen molar-refractivity contribution in [2.45, 2.75) is 67.4 Å². The Balaban J connectivity index is 1.53. The Morgan fingerprint density at radius 1 is 0.860 bits per heavy atom. The second-order valence-corrected chi connectivity index (χ2v) is 16.7. The van der Waals surface area contributed by atoms with Crippen LogP contribution in [0.5, 0.6) is 11.5 Å². The van der Waals surface area contributed by atoms with Crippen molar-refractivity contribution < 1.29 is 32.7 Å². The van der Waals surface area contributed by atoms with Crippen LogP contribution >= 0.6 is 42.9 Å². The van der Waals surface area contributed by atoms with E-state index in [4.69, 9.17) is 13.8 Å². The highest BCUT2D eigenvalue weighted by molar-refractivity contribution is 7.99. The van der Waals surface area contributed by atoms with Gasteiger partial charge in [0.15, 0.2) is 5.78 Å². The summed E-state index contributed by atoms with van der Waals surface area (Å²) in [6.07, 6.45) is 6.50. The molecule has 0 saturated carbocycles. The lowest BCUT2D eigenvalue weighted by Crippen LogP contribution is -2.55. The molecular formula is C36H46N3O7PS3. The van der Waals surface area contributed by atoms with E-state index in [0.717, 1.165) is 15.4 Å². The van der Waals surface area contributed by atoms with Crippen LogP contribution < -0.4 is 19.7 Å². The number of likely N-dealkylation sites (tertiary alicyclic amines) is 1. The highest BCUT2D eigenvalue weighted by atomic mass is 32.2. The first-order valence-corrected chi connectivity index (χ1v) is 21.9. The molecule has 14 heteroatoms. The molecule has 1 fully saturated rings. The van der Waals surface area contributed by atoms with Gasteiger partial charge in [-0.05, 0) is 104 Å². The van der Waals surface area contributed by atoms with Crippen molar-refractivity contribution in [3.63, 3.8) is 0 Å². The minimum absolute atomic E-state index is 0.0646. The first kappa shape index (κ1) is 39.5. The molecule has 50 heavy (non-hydrogen) atoms. The van der Waals surface area contributed by atoms with E-state index in [1.54, 1.807) is 59.6 Å². The van der Waals surface area contributed by atoms with E-state index in [0.29, 0.717) is 43.1 Å². The van der Waals surface area contributed by atoms with Crippen LogP contribution in [-0.2, 0) is 25.5 Å². The van der Waals surface area contributed by atoms with E-state index in [2.05, 4.69) is 10.6 Å². The molecule has 2 N–H and O–H groups in total. The van der Waals surface area contributed by atoms with Gasteiger partial charge < -0.3 is 29.3 Å². The van der Waals surface area contributed by atoms with Gasteiger partial charge in [0.05, 0.1) is 0 Å². The number of nitrogens with one attached hydrogen (secondary N) is 2. The summed E-state index contributed by atoms with van der Waals surface area (Å²) in [6.45, 7) is 4.07. The predicted molar refractivity (Wildman–Crippen MR) is 203 cm³/mol. The Labute approximate surface area is 308 Å². The number of amides is 3. The van der Waals surface area contributed by atoms with Crippen LogP contribution in [0.2, 0.25) is 0 Å². The predicted octanol–water partition coefficient (Wildman–Crippen LogP) is 7.92. The first-order chi connectivity index (χ1) is 24.1. The van der Waals surface area contributed by atoms with E-state index in [1.807, 2.05) is 87.2 Å². The Bertz CT molecular complexity index is 1540. The molecule has 1 unspecified atom stereocenters. The Kier molecular flexibility index (Phi) is 15.3. The van der Waals surface area contributed by atoms with Crippen molar-refractivity contribution in [2.24, 2.45) is 5.92 Å². The van der Waals surface area contributed by atoms with Gasteiger partial charge in [0.2, 0.25) is 11.8 Å². The van der Waals surface area contributed by atoms with E-state index in [-0.39, 0.29) is 18.4 Å². The normalized spacial score (nSPS) is 15.6. The fourth-order valence-corrected chi connectivity index (χ4v) is 8.85. The molecule has 0 aromatic heterocycles. The molecule has 1 aliphatic rings. The average molecular weight is 760 g/mol. The van der Waals surface area contributed by atoms with Crippen LogP contribution in [0.4, 0.5) is 4.79 Å². The Morgan fingerprint density at radius 2 is 1.44 bits per heavy atom. The summed E-state index contributed by atoms with van der Waals surface area (Å²) in [5, 5.41) is 5.69. The molecule has 270 valence electrons. The number of rotatable bonds is 17. The second-order valence-electron chi connectivity index (χ2n) is 12.0. The number of carbonyl (C=O) groups is 3. The van der Waals surface area contributed by atoms with Crippen molar-refractivity contribution in [2.75, 3.05) is 31.1 Å². The van der Waals surface area contributed by atoms with Crippen molar-refractivity contribution in [3.05, 3.63) is 84.4 Å². The number of nitrogens with zero attached hydrogens (tertiary/aromatic N) is 1. The molecule has 0 radical (unpaired) electrons. The van der Waals surface area contributed by atoms with Crippen LogP contribution in [0, 0.1) is 5.92 Å². The van der Waals surface area contributed by atoms with Crippen molar-refractivity contribution in [3.8, 4) is 11.5 Å². The van der Waals surface area contributed by atoms with Crippen molar-refractivity contribution in [1.82, 2.24) is 15.5 Å². The Morgan fingerprint density at radius 3 is 1.96 bits per heavy atom. The molecule has 3 amide bonds.